The summed E-state index contributed by atoms with van der Waals surface area (Å²) in [5.41, 5.74) is 2.95. The van der Waals surface area contributed by atoms with Crippen molar-refractivity contribution in [3.05, 3.63) is 64.6 Å². The van der Waals surface area contributed by atoms with Gasteiger partial charge in [-0.2, -0.15) is 0 Å². The number of rotatable bonds is 7. The third-order valence-corrected chi connectivity index (χ3v) is 3.52. The molecule has 0 saturated carbocycles. The Hall–Kier alpha value is -3.13. The quantitative estimate of drug-likeness (QED) is 0.454. The number of non-ortho nitro benzene ring substituents is 1. The van der Waals surface area contributed by atoms with Gasteiger partial charge in [-0.05, 0) is 18.2 Å². The molecule has 3 N–H and O–H groups in total. The second-order valence-electron chi connectivity index (χ2n) is 5.19. The van der Waals surface area contributed by atoms with Crippen LogP contribution in [0.4, 0.5) is 17.1 Å². The highest BCUT2D eigenvalue weighted by Gasteiger charge is 2.11. The van der Waals surface area contributed by atoms with Crippen molar-refractivity contribution in [1.82, 2.24) is 9.38 Å². The summed E-state index contributed by atoms with van der Waals surface area (Å²) in [7, 11) is 0. The lowest BCUT2D eigenvalue weighted by Crippen LogP contribution is -2.09. The van der Waals surface area contributed by atoms with E-state index in [1.807, 2.05) is 35.0 Å². The monoisotopic (exact) mass is 327 g/mol. The Labute approximate surface area is 137 Å². The van der Waals surface area contributed by atoms with Crippen LogP contribution in [0, 0.1) is 10.1 Å². The smallest absolute Gasteiger partial charge is 0.271 e. The van der Waals surface area contributed by atoms with E-state index in [9.17, 15) is 10.1 Å². The summed E-state index contributed by atoms with van der Waals surface area (Å²) in [5.74, 6) is 0. The summed E-state index contributed by atoms with van der Waals surface area (Å²) < 4.78 is 1.91. The number of hydrogen-bond acceptors (Lipinski definition) is 6. The highest BCUT2D eigenvalue weighted by molar-refractivity contribution is 5.72. The first-order chi connectivity index (χ1) is 11.7. The van der Waals surface area contributed by atoms with Crippen LogP contribution in [0.15, 0.2) is 48.8 Å². The molecule has 3 rings (SSSR count). The highest BCUT2D eigenvalue weighted by Crippen LogP contribution is 2.27. The van der Waals surface area contributed by atoms with Crippen LogP contribution in [0.5, 0.6) is 0 Å². The number of pyridine rings is 1. The van der Waals surface area contributed by atoms with Crippen LogP contribution in [0.2, 0.25) is 0 Å². The van der Waals surface area contributed by atoms with E-state index in [0.29, 0.717) is 24.5 Å². The van der Waals surface area contributed by atoms with Gasteiger partial charge in [-0.25, -0.2) is 4.98 Å². The van der Waals surface area contributed by atoms with E-state index in [4.69, 9.17) is 5.11 Å². The summed E-state index contributed by atoms with van der Waals surface area (Å²) in [4.78, 5) is 15.0. The van der Waals surface area contributed by atoms with Crippen LogP contribution in [-0.2, 0) is 6.54 Å². The second-order valence-corrected chi connectivity index (χ2v) is 5.19. The van der Waals surface area contributed by atoms with Crippen LogP contribution in [-0.4, -0.2) is 32.6 Å². The largest absolute Gasteiger partial charge is 0.395 e. The van der Waals surface area contributed by atoms with Gasteiger partial charge in [0.25, 0.3) is 5.69 Å². The molecule has 0 bridgehead atoms. The van der Waals surface area contributed by atoms with Gasteiger partial charge in [0.1, 0.15) is 5.65 Å². The molecule has 0 aliphatic rings. The Morgan fingerprint density at radius 1 is 1.21 bits per heavy atom. The maximum Gasteiger partial charge on any atom is 0.271 e. The van der Waals surface area contributed by atoms with E-state index >= 15 is 0 Å². The lowest BCUT2D eigenvalue weighted by Gasteiger charge is -2.12. The predicted molar refractivity (Wildman–Crippen MR) is 91.2 cm³/mol. The standard InChI is InChI=1S/C16H17N5O3/c22-8-6-17-14-5-4-13(21(23)24)9-15(14)18-10-12-11-20-7-2-1-3-16(20)19-12/h1-5,7,9,11,17-18,22H,6,8,10H2. The number of aromatic nitrogens is 2. The molecular formula is C16H17N5O3. The molecule has 0 spiro atoms. The molecule has 2 heterocycles. The number of imidazole rings is 1. The number of hydrogen-bond donors (Lipinski definition) is 3. The number of nitro groups is 1. The summed E-state index contributed by atoms with van der Waals surface area (Å²) in [6.45, 7) is 0.764. The first kappa shape index (κ1) is 15.8. The molecule has 0 fully saturated rings. The Bertz CT molecular complexity index is 829. The minimum absolute atomic E-state index is 0.00190. The molecule has 124 valence electrons. The van der Waals surface area contributed by atoms with Crippen molar-refractivity contribution in [3.8, 4) is 0 Å². The van der Waals surface area contributed by atoms with Crippen LogP contribution < -0.4 is 10.6 Å². The molecule has 8 nitrogen and oxygen atoms in total. The van der Waals surface area contributed by atoms with Gasteiger partial charge in [-0.15, -0.1) is 0 Å². The molecule has 2 aromatic heterocycles. The van der Waals surface area contributed by atoms with Gasteiger partial charge >= 0.3 is 0 Å². The third kappa shape index (κ3) is 3.44. The molecule has 0 radical (unpaired) electrons. The van der Waals surface area contributed by atoms with Crippen molar-refractivity contribution in [2.45, 2.75) is 6.54 Å². The Kier molecular flexibility index (Phi) is 4.57. The summed E-state index contributed by atoms with van der Waals surface area (Å²) >= 11 is 0. The summed E-state index contributed by atoms with van der Waals surface area (Å²) in [5, 5.41) is 26.1. The number of aliphatic hydroxyl groups excluding tert-OH is 1. The van der Waals surface area contributed by atoms with E-state index < -0.39 is 4.92 Å². The van der Waals surface area contributed by atoms with Crippen molar-refractivity contribution in [2.24, 2.45) is 0 Å². The zero-order valence-corrected chi connectivity index (χ0v) is 12.8. The molecule has 0 amide bonds. The molecule has 0 unspecified atom stereocenters. The maximum atomic E-state index is 11.0. The molecule has 8 heteroatoms. The topological polar surface area (TPSA) is 105 Å². The van der Waals surface area contributed by atoms with Crippen LogP contribution in [0.1, 0.15) is 5.69 Å². The molecule has 3 aromatic rings. The molecule has 0 saturated heterocycles. The van der Waals surface area contributed by atoms with Crippen LogP contribution in [0.25, 0.3) is 5.65 Å². The van der Waals surface area contributed by atoms with Crippen molar-refractivity contribution in [1.29, 1.82) is 0 Å². The number of nitrogens with zero attached hydrogens (tertiary/aromatic N) is 3. The summed E-state index contributed by atoms with van der Waals surface area (Å²) in [6.07, 6.45) is 3.81. The Morgan fingerprint density at radius 2 is 2.08 bits per heavy atom. The number of nitrogens with one attached hydrogen (secondary N) is 2. The van der Waals surface area contributed by atoms with Crippen molar-refractivity contribution >= 4 is 22.7 Å². The average Bonchev–Trinajstić information content (AvgIpc) is 3.01. The van der Waals surface area contributed by atoms with Gasteiger partial charge in [0.15, 0.2) is 0 Å². The average molecular weight is 327 g/mol. The van der Waals surface area contributed by atoms with Gasteiger partial charge in [-0.3, -0.25) is 10.1 Å². The first-order valence-electron chi connectivity index (χ1n) is 7.47. The molecule has 0 aliphatic heterocycles. The molecule has 0 atom stereocenters. The number of nitro benzene ring substituents is 1. The van der Waals surface area contributed by atoms with Gasteiger partial charge in [0.05, 0.1) is 35.1 Å². The fraction of sp³-hybridized carbons (Fsp3) is 0.188. The normalized spacial score (nSPS) is 10.7. The van der Waals surface area contributed by atoms with Gasteiger partial charge in [0, 0.05) is 31.1 Å². The van der Waals surface area contributed by atoms with E-state index in [1.165, 1.54) is 12.1 Å². The van der Waals surface area contributed by atoms with Crippen molar-refractivity contribution in [3.63, 3.8) is 0 Å². The fourth-order valence-corrected chi connectivity index (χ4v) is 2.39. The van der Waals surface area contributed by atoms with E-state index in [1.54, 1.807) is 6.07 Å². The number of aliphatic hydroxyl groups is 1. The first-order valence-corrected chi connectivity index (χ1v) is 7.47. The van der Waals surface area contributed by atoms with Crippen LogP contribution >= 0.6 is 0 Å². The Balaban J connectivity index is 1.81. The van der Waals surface area contributed by atoms with E-state index in [2.05, 4.69) is 15.6 Å². The number of anilines is 2. The Morgan fingerprint density at radius 3 is 2.83 bits per heavy atom. The third-order valence-electron chi connectivity index (χ3n) is 3.52. The van der Waals surface area contributed by atoms with Gasteiger partial charge in [0.2, 0.25) is 0 Å². The fourth-order valence-electron chi connectivity index (χ4n) is 2.39. The predicted octanol–water partition coefficient (Wildman–Crippen LogP) is 2.26. The molecule has 0 aliphatic carbocycles. The minimum atomic E-state index is -0.439. The van der Waals surface area contributed by atoms with E-state index in [-0.39, 0.29) is 12.3 Å². The lowest BCUT2D eigenvalue weighted by molar-refractivity contribution is -0.384. The van der Waals surface area contributed by atoms with E-state index in [0.717, 1.165) is 11.3 Å². The zero-order valence-electron chi connectivity index (χ0n) is 12.8. The minimum Gasteiger partial charge on any atom is -0.395 e. The van der Waals surface area contributed by atoms with Crippen LogP contribution in [0.3, 0.4) is 0 Å². The second kappa shape index (κ2) is 6.97. The number of fused-ring (bicyclic) bond motifs is 1. The summed E-state index contributed by atoms with van der Waals surface area (Å²) in [6, 6.07) is 10.3. The highest BCUT2D eigenvalue weighted by atomic mass is 16.6. The molecular weight excluding hydrogens is 310 g/mol. The molecule has 1 aromatic carbocycles. The van der Waals surface area contributed by atoms with Crippen molar-refractivity contribution in [2.75, 3.05) is 23.8 Å². The lowest BCUT2D eigenvalue weighted by atomic mass is 10.2. The van der Waals surface area contributed by atoms with Crippen molar-refractivity contribution < 1.29 is 10.0 Å². The van der Waals surface area contributed by atoms with Gasteiger partial charge < -0.3 is 20.1 Å². The SMILES string of the molecule is O=[N+]([O-])c1ccc(NCCO)c(NCc2cn3ccccc3n2)c1. The number of benzene rings is 1. The molecule has 24 heavy (non-hydrogen) atoms. The maximum absolute atomic E-state index is 11.0. The zero-order chi connectivity index (χ0) is 16.9. The van der Waals surface area contributed by atoms with Gasteiger partial charge in [-0.1, -0.05) is 6.07 Å².